The zero-order valence-electron chi connectivity index (χ0n) is 16.1. The lowest BCUT2D eigenvalue weighted by molar-refractivity contribution is 0.311. The van der Waals surface area contributed by atoms with Crippen LogP contribution in [0.2, 0.25) is 5.02 Å². The van der Waals surface area contributed by atoms with Gasteiger partial charge in [0.05, 0.1) is 11.8 Å². The molecule has 6 heteroatoms. The summed E-state index contributed by atoms with van der Waals surface area (Å²) < 4.78 is 13.6. The van der Waals surface area contributed by atoms with E-state index in [1.54, 1.807) is 0 Å². The van der Waals surface area contributed by atoms with Crippen molar-refractivity contribution in [3.8, 4) is 0 Å². The van der Waals surface area contributed by atoms with Crippen LogP contribution in [0.15, 0.2) is 77.9 Å². The molecule has 5 rings (SSSR count). The van der Waals surface area contributed by atoms with Crippen molar-refractivity contribution in [2.24, 2.45) is 11.0 Å². The van der Waals surface area contributed by atoms with E-state index < -0.39 is 0 Å². The van der Waals surface area contributed by atoms with Crippen molar-refractivity contribution in [2.75, 3.05) is 5.32 Å². The maximum atomic E-state index is 13.6. The number of nitrogens with zero attached hydrogens (tertiary/aromatic N) is 2. The molecular formula is C24H19ClFN3S. The molecule has 0 saturated carbocycles. The highest BCUT2D eigenvalue weighted by Crippen LogP contribution is 2.43. The summed E-state index contributed by atoms with van der Waals surface area (Å²) >= 11 is 11.8. The summed E-state index contributed by atoms with van der Waals surface area (Å²) in [6, 6.07) is 22.4. The minimum atomic E-state index is -0.250. The van der Waals surface area contributed by atoms with Crippen LogP contribution in [-0.2, 0) is 6.42 Å². The van der Waals surface area contributed by atoms with E-state index in [1.165, 1.54) is 23.3 Å². The Labute approximate surface area is 185 Å². The van der Waals surface area contributed by atoms with Crippen LogP contribution in [0.1, 0.15) is 29.2 Å². The number of aryl methyl sites for hydroxylation is 1. The second-order valence-electron chi connectivity index (χ2n) is 7.57. The highest BCUT2D eigenvalue weighted by Gasteiger charge is 2.42. The topological polar surface area (TPSA) is 27.6 Å². The Bertz CT molecular complexity index is 1130. The lowest BCUT2D eigenvalue weighted by Gasteiger charge is -2.30. The summed E-state index contributed by atoms with van der Waals surface area (Å²) in [5, 5.41) is 11.3. The molecule has 3 nitrogen and oxygen atoms in total. The van der Waals surface area contributed by atoms with Gasteiger partial charge in [0.1, 0.15) is 5.82 Å². The van der Waals surface area contributed by atoms with E-state index in [1.807, 2.05) is 47.5 Å². The molecule has 2 aliphatic rings. The van der Waals surface area contributed by atoms with Gasteiger partial charge in [-0.1, -0.05) is 48.0 Å². The van der Waals surface area contributed by atoms with Crippen LogP contribution in [0.4, 0.5) is 10.1 Å². The van der Waals surface area contributed by atoms with E-state index in [-0.39, 0.29) is 17.8 Å². The molecule has 1 aliphatic carbocycles. The predicted octanol–water partition coefficient (Wildman–Crippen LogP) is 6.20. The van der Waals surface area contributed by atoms with Crippen molar-refractivity contribution in [2.45, 2.75) is 18.9 Å². The molecule has 0 fully saturated rings. The number of rotatable bonds is 2. The Morgan fingerprint density at radius 2 is 1.77 bits per heavy atom. The lowest BCUT2D eigenvalue weighted by atomic mass is 9.77. The third-order valence-corrected chi connectivity index (χ3v) is 6.29. The Morgan fingerprint density at radius 1 is 1.03 bits per heavy atom. The first-order valence-corrected chi connectivity index (χ1v) is 10.7. The van der Waals surface area contributed by atoms with E-state index >= 15 is 0 Å². The highest BCUT2D eigenvalue weighted by atomic mass is 35.5. The maximum absolute atomic E-state index is 13.6. The van der Waals surface area contributed by atoms with Crippen molar-refractivity contribution >= 4 is 40.3 Å². The summed E-state index contributed by atoms with van der Waals surface area (Å²) in [6.45, 7) is 0. The molecule has 0 aromatic heterocycles. The molecule has 0 spiro atoms. The zero-order chi connectivity index (χ0) is 20.7. The first-order chi connectivity index (χ1) is 14.6. The first-order valence-electron chi connectivity index (χ1n) is 9.88. The van der Waals surface area contributed by atoms with Gasteiger partial charge in [-0.2, -0.15) is 5.10 Å². The molecule has 3 aromatic carbocycles. The fourth-order valence-corrected chi connectivity index (χ4v) is 4.74. The largest absolute Gasteiger partial charge is 0.331 e. The van der Waals surface area contributed by atoms with Crippen LogP contribution in [0.25, 0.3) is 0 Å². The first kappa shape index (κ1) is 19.2. The predicted molar refractivity (Wildman–Crippen MR) is 123 cm³/mol. The van der Waals surface area contributed by atoms with Gasteiger partial charge in [0.25, 0.3) is 0 Å². The average molecular weight is 436 g/mol. The number of thiocarbonyl (C=S) groups is 1. The standard InChI is InChI=1S/C24H19ClFN3S/c25-17-8-12-19(13-9-17)27-24(30)29-23(16-5-10-18(26)11-6-16)21-14-7-15-3-1-2-4-20(15)22(21)28-29/h1-6,8-13,21,23H,7,14H2,(H,27,30)/t21-,23+/m0/s1. The Balaban J connectivity index is 1.53. The molecule has 0 radical (unpaired) electrons. The van der Waals surface area contributed by atoms with E-state index in [9.17, 15) is 4.39 Å². The summed E-state index contributed by atoms with van der Waals surface area (Å²) in [6.07, 6.45) is 1.96. The van der Waals surface area contributed by atoms with Crippen molar-refractivity contribution in [1.82, 2.24) is 5.01 Å². The Morgan fingerprint density at radius 3 is 2.53 bits per heavy atom. The van der Waals surface area contributed by atoms with Crippen LogP contribution in [0, 0.1) is 11.7 Å². The number of benzene rings is 3. The van der Waals surface area contributed by atoms with Crippen molar-refractivity contribution < 1.29 is 4.39 Å². The molecule has 1 N–H and O–H groups in total. The third-order valence-electron chi connectivity index (χ3n) is 5.74. The van der Waals surface area contributed by atoms with Crippen LogP contribution in [-0.4, -0.2) is 15.8 Å². The van der Waals surface area contributed by atoms with Gasteiger partial charge in [-0.05, 0) is 72.6 Å². The molecule has 0 saturated heterocycles. The molecule has 1 heterocycles. The summed E-state index contributed by atoms with van der Waals surface area (Å²) in [5.74, 6) is -0.0596. The number of halogens is 2. The van der Waals surface area contributed by atoms with Crippen LogP contribution in [0.5, 0.6) is 0 Å². The zero-order valence-corrected chi connectivity index (χ0v) is 17.6. The van der Waals surface area contributed by atoms with Gasteiger partial charge >= 0.3 is 0 Å². The molecule has 1 aliphatic heterocycles. The van der Waals surface area contributed by atoms with Gasteiger partial charge in [0.15, 0.2) is 5.11 Å². The van der Waals surface area contributed by atoms with Crippen LogP contribution in [0.3, 0.4) is 0 Å². The van der Waals surface area contributed by atoms with Gasteiger partial charge in [-0.3, -0.25) is 0 Å². The SMILES string of the molecule is Fc1ccc([C@@H]2[C@H]3CCc4ccccc4C3=NN2C(=S)Nc2ccc(Cl)cc2)cc1. The number of hydrogen-bond acceptors (Lipinski definition) is 2. The molecule has 2 atom stereocenters. The summed E-state index contributed by atoms with van der Waals surface area (Å²) in [5.41, 5.74) is 5.38. The van der Waals surface area contributed by atoms with Gasteiger partial charge in [0.2, 0.25) is 0 Å². The monoisotopic (exact) mass is 435 g/mol. The number of hydrogen-bond donors (Lipinski definition) is 1. The fraction of sp³-hybridized carbons (Fsp3) is 0.167. The normalized spacial score (nSPS) is 19.7. The molecule has 30 heavy (non-hydrogen) atoms. The van der Waals surface area contributed by atoms with Crippen LogP contribution >= 0.6 is 23.8 Å². The molecule has 0 bridgehead atoms. The Kier molecular flexibility index (Phi) is 5.01. The summed E-state index contributed by atoms with van der Waals surface area (Å²) in [4.78, 5) is 0. The highest BCUT2D eigenvalue weighted by molar-refractivity contribution is 7.80. The fourth-order valence-electron chi connectivity index (χ4n) is 4.34. The number of anilines is 1. The number of nitrogens with one attached hydrogen (secondary N) is 1. The minimum absolute atomic E-state index is 0.0822. The molecular weight excluding hydrogens is 417 g/mol. The molecule has 0 amide bonds. The summed E-state index contributed by atoms with van der Waals surface area (Å²) in [7, 11) is 0. The molecule has 0 unspecified atom stereocenters. The number of hydrazone groups is 1. The lowest BCUT2D eigenvalue weighted by Crippen LogP contribution is -2.34. The van der Waals surface area contributed by atoms with Gasteiger partial charge < -0.3 is 5.32 Å². The van der Waals surface area contributed by atoms with E-state index in [0.717, 1.165) is 29.8 Å². The van der Waals surface area contributed by atoms with Crippen LogP contribution < -0.4 is 5.32 Å². The molecule has 3 aromatic rings. The van der Waals surface area contributed by atoms with Gasteiger partial charge in [-0.15, -0.1) is 0 Å². The third kappa shape index (κ3) is 3.48. The minimum Gasteiger partial charge on any atom is -0.331 e. The smallest absolute Gasteiger partial charge is 0.194 e. The molecule has 150 valence electrons. The van der Waals surface area contributed by atoms with Crippen molar-refractivity contribution in [1.29, 1.82) is 0 Å². The average Bonchev–Trinajstić information content (AvgIpc) is 3.16. The van der Waals surface area contributed by atoms with Gasteiger partial charge in [0, 0.05) is 22.2 Å². The Hall–Kier alpha value is -2.76. The second kappa shape index (κ2) is 7.82. The maximum Gasteiger partial charge on any atom is 0.194 e. The van der Waals surface area contributed by atoms with Crippen molar-refractivity contribution in [3.05, 3.63) is 100 Å². The second-order valence-corrected chi connectivity index (χ2v) is 8.39. The van der Waals surface area contributed by atoms with Crippen molar-refractivity contribution in [3.63, 3.8) is 0 Å². The quantitative estimate of drug-likeness (QED) is 0.485. The van der Waals surface area contributed by atoms with E-state index in [0.29, 0.717) is 10.1 Å². The van der Waals surface area contributed by atoms with E-state index in [4.69, 9.17) is 28.9 Å². The number of fused-ring (bicyclic) bond motifs is 3. The van der Waals surface area contributed by atoms with Gasteiger partial charge in [-0.25, -0.2) is 9.40 Å². The van der Waals surface area contributed by atoms with E-state index in [2.05, 4.69) is 23.5 Å².